The Morgan fingerprint density at radius 1 is 1.10 bits per heavy atom. The van der Waals surface area contributed by atoms with Gasteiger partial charge in [0.2, 0.25) is 0 Å². The second-order valence-electron chi connectivity index (χ2n) is 6.25. The van der Waals surface area contributed by atoms with E-state index >= 15 is 0 Å². The molecule has 1 saturated carbocycles. The van der Waals surface area contributed by atoms with Crippen molar-refractivity contribution in [1.29, 1.82) is 0 Å². The van der Waals surface area contributed by atoms with Crippen LogP contribution in [0.4, 0.5) is 4.79 Å². The van der Waals surface area contributed by atoms with Crippen LogP contribution in [0.2, 0.25) is 0 Å². The van der Waals surface area contributed by atoms with Crippen LogP contribution in [-0.2, 0) is 4.74 Å². The van der Waals surface area contributed by atoms with Crippen LogP contribution in [0.1, 0.15) is 44.9 Å². The molecule has 1 heterocycles. The van der Waals surface area contributed by atoms with Crippen molar-refractivity contribution >= 4 is 6.03 Å². The Bertz CT molecular complexity index is 296. The van der Waals surface area contributed by atoms with Crippen molar-refractivity contribution in [2.45, 2.75) is 51.0 Å². The third-order valence-electron chi connectivity index (χ3n) is 4.74. The second kappa shape index (κ2) is 9.26. The van der Waals surface area contributed by atoms with Crippen LogP contribution in [0, 0.1) is 0 Å². The Kier molecular flexibility index (Phi) is 7.30. The molecule has 0 atom stereocenters. The maximum Gasteiger partial charge on any atom is 0.317 e. The van der Waals surface area contributed by atoms with Crippen LogP contribution in [0.25, 0.3) is 0 Å². The highest BCUT2D eigenvalue weighted by Crippen LogP contribution is 2.22. The van der Waals surface area contributed by atoms with Crippen LogP contribution < -0.4 is 5.32 Å². The number of hydrogen-bond acceptors (Lipinski definition) is 3. The molecule has 0 unspecified atom stereocenters. The highest BCUT2D eigenvalue weighted by molar-refractivity contribution is 5.74. The summed E-state index contributed by atoms with van der Waals surface area (Å²) in [6.45, 7) is 5.22. The molecule has 21 heavy (non-hydrogen) atoms. The highest BCUT2D eigenvalue weighted by Gasteiger charge is 2.26. The molecule has 0 aromatic carbocycles. The van der Waals surface area contributed by atoms with Gasteiger partial charge in [0.15, 0.2) is 0 Å². The van der Waals surface area contributed by atoms with Gasteiger partial charge >= 0.3 is 6.03 Å². The highest BCUT2D eigenvalue weighted by atomic mass is 16.5. The van der Waals surface area contributed by atoms with Gasteiger partial charge in [0.05, 0.1) is 0 Å². The van der Waals surface area contributed by atoms with E-state index in [1.165, 1.54) is 38.5 Å². The molecule has 1 aliphatic heterocycles. The molecule has 5 heteroatoms. The summed E-state index contributed by atoms with van der Waals surface area (Å²) in [5.74, 6) is 0. The van der Waals surface area contributed by atoms with Gasteiger partial charge in [-0.05, 0) is 19.3 Å². The summed E-state index contributed by atoms with van der Waals surface area (Å²) in [5, 5.41) is 2.98. The minimum Gasteiger partial charge on any atom is -0.385 e. The van der Waals surface area contributed by atoms with Gasteiger partial charge in [-0.2, -0.15) is 0 Å². The molecule has 1 saturated heterocycles. The Morgan fingerprint density at radius 3 is 2.38 bits per heavy atom. The molecule has 2 fully saturated rings. The lowest BCUT2D eigenvalue weighted by molar-refractivity contribution is 0.101. The van der Waals surface area contributed by atoms with Crippen LogP contribution in [0.5, 0.6) is 0 Å². The molecule has 5 nitrogen and oxygen atoms in total. The van der Waals surface area contributed by atoms with Gasteiger partial charge in [-0.3, -0.25) is 4.90 Å². The molecule has 1 N–H and O–H groups in total. The zero-order chi connectivity index (χ0) is 14.9. The van der Waals surface area contributed by atoms with Gasteiger partial charge in [-0.25, -0.2) is 4.79 Å². The number of methoxy groups -OCH3 is 1. The number of urea groups is 1. The molecular formula is C16H31N3O2. The molecule has 1 aliphatic carbocycles. The Labute approximate surface area is 129 Å². The summed E-state index contributed by atoms with van der Waals surface area (Å²) in [4.78, 5) is 16.6. The van der Waals surface area contributed by atoms with E-state index in [2.05, 4.69) is 10.2 Å². The molecule has 0 aromatic rings. The van der Waals surface area contributed by atoms with E-state index in [9.17, 15) is 4.79 Å². The lowest BCUT2D eigenvalue weighted by atomic mass is 10.1. The van der Waals surface area contributed by atoms with Crippen LogP contribution in [0.3, 0.4) is 0 Å². The lowest BCUT2D eigenvalue weighted by Crippen LogP contribution is -2.54. The average Bonchev–Trinajstić information content (AvgIpc) is 2.81. The van der Waals surface area contributed by atoms with Gasteiger partial charge in [-0.1, -0.05) is 25.7 Å². The first-order valence-electron chi connectivity index (χ1n) is 8.57. The number of piperazine rings is 1. The Morgan fingerprint density at radius 2 is 1.76 bits per heavy atom. The quantitative estimate of drug-likeness (QED) is 0.624. The fraction of sp³-hybridized carbons (Fsp3) is 0.938. The van der Waals surface area contributed by atoms with Crippen molar-refractivity contribution in [2.75, 3.05) is 46.4 Å². The summed E-state index contributed by atoms with van der Waals surface area (Å²) in [5.41, 5.74) is 0. The summed E-state index contributed by atoms with van der Waals surface area (Å²) in [6, 6.07) is 0.853. The number of carbonyl (C=O) groups excluding carboxylic acids is 1. The molecule has 0 radical (unpaired) electrons. The monoisotopic (exact) mass is 297 g/mol. The van der Waals surface area contributed by atoms with E-state index in [0.717, 1.165) is 38.6 Å². The minimum absolute atomic E-state index is 0.0895. The maximum atomic E-state index is 12.1. The third kappa shape index (κ3) is 5.47. The van der Waals surface area contributed by atoms with Gasteiger partial charge in [-0.15, -0.1) is 0 Å². The second-order valence-corrected chi connectivity index (χ2v) is 6.25. The fourth-order valence-electron chi connectivity index (χ4n) is 3.44. The van der Waals surface area contributed by atoms with Gasteiger partial charge in [0.1, 0.15) is 0 Å². The predicted molar refractivity (Wildman–Crippen MR) is 84.5 cm³/mol. The number of carbonyl (C=O) groups is 1. The largest absolute Gasteiger partial charge is 0.385 e. The van der Waals surface area contributed by atoms with E-state index in [4.69, 9.17) is 4.74 Å². The fourth-order valence-corrected chi connectivity index (χ4v) is 3.44. The number of rotatable bonds is 5. The van der Waals surface area contributed by atoms with E-state index in [-0.39, 0.29) is 6.03 Å². The summed E-state index contributed by atoms with van der Waals surface area (Å²) < 4.78 is 4.99. The molecule has 2 rings (SSSR count). The van der Waals surface area contributed by atoms with E-state index in [1.54, 1.807) is 7.11 Å². The summed E-state index contributed by atoms with van der Waals surface area (Å²) in [7, 11) is 1.69. The third-order valence-corrected chi connectivity index (χ3v) is 4.74. The van der Waals surface area contributed by atoms with Crippen molar-refractivity contribution in [3.05, 3.63) is 0 Å². The van der Waals surface area contributed by atoms with Crippen LogP contribution >= 0.6 is 0 Å². The molecule has 0 aromatic heterocycles. The van der Waals surface area contributed by atoms with E-state index < -0.39 is 0 Å². The lowest BCUT2D eigenvalue weighted by Gasteiger charge is -2.39. The topological polar surface area (TPSA) is 44.8 Å². The SMILES string of the molecule is COCCCNC(=O)N1CCN(C2CCCCCC2)CC1. The van der Waals surface area contributed by atoms with Gasteiger partial charge < -0.3 is 15.0 Å². The zero-order valence-corrected chi connectivity index (χ0v) is 13.5. The maximum absolute atomic E-state index is 12.1. The van der Waals surface area contributed by atoms with Gasteiger partial charge in [0.25, 0.3) is 0 Å². The first-order valence-corrected chi connectivity index (χ1v) is 8.57. The van der Waals surface area contributed by atoms with Crippen molar-refractivity contribution in [3.63, 3.8) is 0 Å². The van der Waals surface area contributed by atoms with Crippen molar-refractivity contribution in [2.24, 2.45) is 0 Å². The predicted octanol–water partition coefficient (Wildman–Crippen LogP) is 2.07. The number of nitrogens with zero attached hydrogens (tertiary/aromatic N) is 2. The summed E-state index contributed by atoms with van der Waals surface area (Å²) >= 11 is 0. The number of amides is 2. The Hall–Kier alpha value is -0.810. The molecule has 0 bridgehead atoms. The molecule has 2 aliphatic rings. The minimum atomic E-state index is 0.0895. The normalized spacial score (nSPS) is 22.0. The molecule has 0 spiro atoms. The van der Waals surface area contributed by atoms with Crippen molar-refractivity contribution in [3.8, 4) is 0 Å². The van der Waals surface area contributed by atoms with Crippen LogP contribution in [-0.4, -0.2) is 68.3 Å². The number of nitrogens with one attached hydrogen (secondary N) is 1. The zero-order valence-electron chi connectivity index (χ0n) is 13.5. The first kappa shape index (κ1) is 16.6. The number of ether oxygens (including phenoxy) is 1. The average molecular weight is 297 g/mol. The standard InChI is InChI=1S/C16H31N3O2/c1-21-14-6-9-17-16(20)19-12-10-18(11-13-19)15-7-4-2-3-5-8-15/h15H,2-14H2,1H3,(H,17,20). The molecule has 122 valence electrons. The Balaban J connectivity index is 1.66. The molecule has 2 amide bonds. The van der Waals surface area contributed by atoms with E-state index in [0.29, 0.717) is 13.2 Å². The summed E-state index contributed by atoms with van der Waals surface area (Å²) in [6.07, 6.45) is 9.15. The van der Waals surface area contributed by atoms with Crippen molar-refractivity contribution < 1.29 is 9.53 Å². The van der Waals surface area contributed by atoms with Crippen molar-refractivity contribution in [1.82, 2.24) is 15.1 Å². The molecular weight excluding hydrogens is 266 g/mol. The first-order chi connectivity index (χ1) is 10.3. The number of hydrogen-bond donors (Lipinski definition) is 1. The van der Waals surface area contributed by atoms with Gasteiger partial charge in [0, 0.05) is 52.5 Å². The van der Waals surface area contributed by atoms with E-state index in [1.807, 2.05) is 4.90 Å². The van der Waals surface area contributed by atoms with Crippen LogP contribution in [0.15, 0.2) is 0 Å². The smallest absolute Gasteiger partial charge is 0.317 e.